The minimum atomic E-state index is -0.351. The third-order valence-electron chi connectivity index (χ3n) is 5.35. The first-order valence-corrected chi connectivity index (χ1v) is 10.4. The monoisotopic (exact) mass is 401 g/mol. The van der Waals surface area contributed by atoms with Gasteiger partial charge in [-0.05, 0) is 80.6 Å². The molecule has 3 heteroatoms. The standard InChI is InChI=1S/C27H28FNO/c1-4-27(3,22-14-16-24(17-15-22)30-5-2)19-9-10-21-13-18-25(28)26(20-21)29-23-11-7-6-8-12-23/h1,6-8,11-18,20,29H,5,9-10,19H2,2-3H3. The minimum absolute atomic E-state index is 0.259. The smallest absolute Gasteiger partial charge is 0.146 e. The molecule has 0 aromatic heterocycles. The molecule has 0 saturated carbocycles. The fourth-order valence-electron chi connectivity index (χ4n) is 3.53. The second kappa shape index (κ2) is 9.98. The number of benzene rings is 3. The van der Waals surface area contributed by atoms with E-state index in [0.29, 0.717) is 12.3 Å². The molecule has 154 valence electrons. The maximum Gasteiger partial charge on any atom is 0.146 e. The molecule has 0 fully saturated rings. The van der Waals surface area contributed by atoms with E-state index in [1.165, 1.54) is 6.07 Å². The number of hydrogen-bond acceptors (Lipinski definition) is 2. The highest BCUT2D eigenvalue weighted by Crippen LogP contribution is 2.31. The Bertz CT molecular complexity index is 992. The quantitative estimate of drug-likeness (QED) is 0.395. The van der Waals surface area contributed by atoms with E-state index in [1.54, 1.807) is 0 Å². The molecule has 3 aromatic carbocycles. The molecule has 0 aliphatic heterocycles. The van der Waals surface area contributed by atoms with Crippen LogP contribution in [-0.2, 0) is 11.8 Å². The van der Waals surface area contributed by atoms with Crippen LogP contribution in [0.2, 0.25) is 0 Å². The highest BCUT2D eigenvalue weighted by molar-refractivity contribution is 5.60. The van der Waals surface area contributed by atoms with E-state index in [-0.39, 0.29) is 11.2 Å². The lowest BCUT2D eigenvalue weighted by Crippen LogP contribution is -2.19. The fourth-order valence-corrected chi connectivity index (χ4v) is 3.53. The van der Waals surface area contributed by atoms with Gasteiger partial charge in [0.25, 0.3) is 0 Å². The molecule has 1 N–H and O–H groups in total. The average molecular weight is 402 g/mol. The number of aryl methyl sites for hydroxylation is 1. The normalized spacial score (nSPS) is 12.6. The van der Waals surface area contributed by atoms with E-state index in [4.69, 9.17) is 11.2 Å². The van der Waals surface area contributed by atoms with Crippen LogP contribution >= 0.6 is 0 Å². The van der Waals surface area contributed by atoms with E-state index >= 15 is 0 Å². The van der Waals surface area contributed by atoms with Crippen molar-refractivity contribution in [3.63, 3.8) is 0 Å². The van der Waals surface area contributed by atoms with Crippen LogP contribution in [0.4, 0.5) is 15.8 Å². The highest BCUT2D eigenvalue weighted by Gasteiger charge is 2.23. The van der Waals surface area contributed by atoms with Gasteiger partial charge in [-0.25, -0.2) is 4.39 Å². The largest absolute Gasteiger partial charge is 0.494 e. The Morgan fingerprint density at radius 2 is 1.77 bits per heavy atom. The van der Waals surface area contributed by atoms with Crippen molar-refractivity contribution < 1.29 is 9.13 Å². The second-order valence-electron chi connectivity index (χ2n) is 7.59. The molecular formula is C27H28FNO. The number of halogens is 1. The Kier molecular flexibility index (Phi) is 7.14. The average Bonchev–Trinajstić information content (AvgIpc) is 2.77. The molecule has 0 bridgehead atoms. The molecular weight excluding hydrogens is 373 g/mol. The fraction of sp³-hybridized carbons (Fsp3) is 0.259. The van der Waals surface area contributed by atoms with Gasteiger partial charge in [0.2, 0.25) is 0 Å². The molecule has 1 unspecified atom stereocenters. The van der Waals surface area contributed by atoms with E-state index < -0.39 is 0 Å². The molecule has 0 amide bonds. The molecule has 0 radical (unpaired) electrons. The third kappa shape index (κ3) is 5.42. The van der Waals surface area contributed by atoms with E-state index in [1.807, 2.05) is 73.7 Å². The third-order valence-corrected chi connectivity index (χ3v) is 5.35. The summed E-state index contributed by atoms with van der Waals surface area (Å²) >= 11 is 0. The lowest BCUT2D eigenvalue weighted by atomic mass is 9.78. The van der Waals surface area contributed by atoms with Crippen molar-refractivity contribution in [3.8, 4) is 18.1 Å². The number of terminal acetylenes is 1. The number of ether oxygens (including phenoxy) is 1. The molecule has 2 nitrogen and oxygen atoms in total. The molecule has 0 spiro atoms. The summed E-state index contributed by atoms with van der Waals surface area (Å²) in [5.41, 5.74) is 3.20. The Balaban J connectivity index is 1.64. The number of rotatable bonds is 9. The zero-order valence-electron chi connectivity index (χ0n) is 17.6. The van der Waals surface area contributed by atoms with Crippen LogP contribution in [-0.4, -0.2) is 6.61 Å². The Labute approximate surface area is 179 Å². The van der Waals surface area contributed by atoms with Crippen LogP contribution < -0.4 is 10.1 Å². The van der Waals surface area contributed by atoms with Crippen molar-refractivity contribution in [3.05, 3.63) is 89.7 Å². The molecule has 0 aliphatic carbocycles. The second-order valence-corrected chi connectivity index (χ2v) is 7.59. The van der Waals surface area contributed by atoms with Gasteiger partial charge in [-0.15, -0.1) is 6.42 Å². The lowest BCUT2D eigenvalue weighted by molar-refractivity contribution is 0.340. The van der Waals surface area contributed by atoms with Crippen LogP contribution in [0.1, 0.15) is 37.8 Å². The van der Waals surface area contributed by atoms with Crippen molar-refractivity contribution in [2.24, 2.45) is 0 Å². The molecule has 0 heterocycles. The lowest BCUT2D eigenvalue weighted by Gasteiger charge is -2.24. The molecule has 0 saturated heterocycles. The first-order chi connectivity index (χ1) is 14.5. The van der Waals surface area contributed by atoms with E-state index in [9.17, 15) is 4.39 Å². The van der Waals surface area contributed by atoms with Crippen molar-refractivity contribution in [1.29, 1.82) is 0 Å². The topological polar surface area (TPSA) is 21.3 Å². The Morgan fingerprint density at radius 1 is 1.03 bits per heavy atom. The van der Waals surface area contributed by atoms with Crippen molar-refractivity contribution in [2.75, 3.05) is 11.9 Å². The Hall–Kier alpha value is -3.25. The number of nitrogens with one attached hydrogen (secondary N) is 1. The van der Waals surface area contributed by atoms with Gasteiger partial charge in [0.05, 0.1) is 17.7 Å². The summed E-state index contributed by atoms with van der Waals surface area (Å²) in [4.78, 5) is 0. The summed E-state index contributed by atoms with van der Waals surface area (Å²) in [7, 11) is 0. The maximum atomic E-state index is 14.2. The van der Waals surface area contributed by atoms with Gasteiger partial charge in [-0.3, -0.25) is 0 Å². The van der Waals surface area contributed by atoms with Crippen LogP contribution in [0.5, 0.6) is 5.75 Å². The summed E-state index contributed by atoms with van der Waals surface area (Å²) in [6.45, 7) is 4.70. The first-order valence-electron chi connectivity index (χ1n) is 10.4. The van der Waals surface area contributed by atoms with Crippen LogP contribution in [0.25, 0.3) is 0 Å². The van der Waals surface area contributed by atoms with Crippen molar-refractivity contribution >= 4 is 11.4 Å². The van der Waals surface area contributed by atoms with Crippen molar-refractivity contribution in [1.82, 2.24) is 0 Å². The van der Waals surface area contributed by atoms with Gasteiger partial charge in [0.1, 0.15) is 11.6 Å². The van der Waals surface area contributed by atoms with Gasteiger partial charge in [0.15, 0.2) is 0 Å². The van der Waals surface area contributed by atoms with E-state index in [2.05, 4.69) is 18.2 Å². The van der Waals surface area contributed by atoms with Gasteiger partial charge in [-0.1, -0.05) is 42.3 Å². The number of hydrogen-bond donors (Lipinski definition) is 1. The molecule has 1 atom stereocenters. The van der Waals surface area contributed by atoms with E-state index in [0.717, 1.165) is 41.8 Å². The summed E-state index contributed by atoms with van der Waals surface area (Å²) in [6, 6.07) is 22.9. The van der Waals surface area contributed by atoms with Crippen LogP contribution in [0.15, 0.2) is 72.8 Å². The van der Waals surface area contributed by atoms with Crippen LogP contribution in [0.3, 0.4) is 0 Å². The van der Waals surface area contributed by atoms with Gasteiger partial charge < -0.3 is 10.1 Å². The Morgan fingerprint density at radius 3 is 2.43 bits per heavy atom. The highest BCUT2D eigenvalue weighted by atomic mass is 19.1. The summed E-state index contributed by atoms with van der Waals surface area (Å²) < 4.78 is 19.8. The molecule has 3 rings (SSSR count). The van der Waals surface area contributed by atoms with Crippen LogP contribution in [0, 0.1) is 18.2 Å². The molecule has 3 aromatic rings. The van der Waals surface area contributed by atoms with Gasteiger partial charge in [-0.2, -0.15) is 0 Å². The summed E-state index contributed by atoms with van der Waals surface area (Å²) in [6.07, 6.45) is 8.49. The molecule has 30 heavy (non-hydrogen) atoms. The predicted molar refractivity (Wildman–Crippen MR) is 123 cm³/mol. The minimum Gasteiger partial charge on any atom is -0.494 e. The van der Waals surface area contributed by atoms with Gasteiger partial charge in [0, 0.05) is 5.69 Å². The SMILES string of the molecule is C#CC(C)(CCCc1ccc(F)c(Nc2ccccc2)c1)c1ccc(OCC)cc1. The number of para-hydroxylation sites is 1. The van der Waals surface area contributed by atoms with Crippen molar-refractivity contribution in [2.45, 2.75) is 38.5 Å². The molecule has 0 aliphatic rings. The zero-order valence-corrected chi connectivity index (χ0v) is 17.6. The summed E-state index contributed by atoms with van der Waals surface area (Å²) in [5.74, 6) is 3.57. The number of anilines is 2. The first kappa shape index (κ1) is 21.5. The van der Waals surface area contributed by atoms with Gasteiger partial charge >= 0.3 is 0 Å². The zero-order chi connectivity index (χ0) is 21.4. The predicted octanol–water partition coefficient (Wildman–Crippen LogP) is 6.88. The summed E-state index contributed by atoms with van der Waals surface area (Å²) in [5, 5.41) is 3.15. The maximum absolute atomic E-state index is 14.2.